The normalized spacial score (nSPS) is 26.7. The maximum atomic E-state index is 12.5. The van der Waals surface area contributed by atoms with E-state index in [4.69, 9.17) is 4.42 Å². The molecule has 5 rings (SSSR count). The minimum absolute atomic E-state index is 0. The minimum atomic E-state index is 0. The van der Waals surface area contributed by atoms with Crippen molar-refractivity contribution in [3.05, 3.63) is 35.6 Å². The highest BCUT2D eigenvalue weighted by Gasteiger charge is 2.34. The van der Waals surface area contributed by atoms with Crippen molar-refractivity contribution in [3.63, 3.8) is 0 Å². The first-order valence-corrected chi connectivity index (χ1v) is 7.72. The Balaban J connectivity index is 0.00000144. The molecule has 0 aliphatic carbocycles. The third-order valence-corrected chi connectivity index (χ3v) is 5.00. The van der Waals surface area contributed by atoms with Gasteiger partial charge in [0.2, 0.25) is 0 Å². The monoisotopic (exact) mass is 320 g/mol. The molecule has 3 aliphatic heterocycles. The predicted octanol–water partition coefficient (Wildman–Crippen LogP) is 2.99. The zero-order valence-corrected chi connectivity index (χ0v) is 13.5. The molecule has 4 nitrogen and oxygen atoms in total. The summed E-state index contributed by atoms with van der Waals surface area (Å²) in [5, 5.41) is 4.29. The summed E-state index contributed by atoms with van der Waals surface area (Å²) in [4.78, 5) is 14.9. The standard InChI is InChI=1S/C17H20N2O2.ClH/c1-11-10-21-16-8-13(2-3-14(11)16)17(20)18-15-9-19-6-4-12(15)5-7-19;/h2-3,8,10,12,15H,4-7,9H2,1H3,(H,18,20);1H/t15-;/m0./s1. The number of amides is 1. The van der Waals surface area contributed by atoms with Crippen LogP contribution in [0.1, 0.15) is 28.8 Å². The molecule has 4 heterocycles. The fourth-order valence-electron chi connectivity index (χ4n) is 3.68. The summed E-state index contributed by atoms with van der Waals surface area (Å²) in [6.07, 6.45) is 4.16. The van der Waals surface area contributed by atoms with Gasteiger partial charge in [0.25, 0.3) is 5.91 Å². The number of furan rings is 1. The van der Waals surface area contributed by atoms with Gasteiger partial charge in [-0.2, -0.15) is 0 Å². The molecular weight excluding hydrogens is 300 g/mol. The number of benzene rings is 1. The Labute approximate surface area is 136 Å². The van der Waals surface area contributed by atoms with Crippen LogP contribution in [0.4, 0.5) is 0 Å². The van der Waals surface area contributed by atoms with Crippen LogP contribution in [0.15, 0.2) is 28.9 Å². The zero-order valence-electron chi connectivity index (χ0n) is 12.7. The van der Waals surface area contributed by atoms with Crippen LogP contribution in [0.3, 0.4) is 0 Å². The lowest BCUT2D eigenvalue weighted by Gasteiger charge is -2.44. The molecule has 0 radical (unpaired) electrons. The average molecular weight is 321 g/mol. The van der Waals surface area contributed by atoms with E-state index < -0.39 is 0 Å². The summed E-state index contributed by atoms with van der Waals surface area (Å²) in [7, 11) is 0. The van der Waals surface area contributed by atoms with Crippen molar-refractivity contribution < 1.29 is 9.21 Å². The Morgan fingerprint density at radius 3 is 2.77 bits per heavy atom. The highest BCUT2D eigenvalue weighted by atomic mass is 35.5. The van der Waals surface area contributed by atoms with Gasteiger partial charge in [-0.1, -0.05) is 6.07 Å². The predicted molar refractivity (Wildman–Crippen MR) is 88.6 cm³/mol. The van der Waals surface area contributed by atoms with Gasteiger partial charge in [0, 0.05) is 23.5 Å². The van der Waals surface area contributed by atoms with Crippen LogP contribution >= 0.6 is 12.4 Å². The molecule has 1 aromatic carbocycles. The molecule has 1 aromatic heterocycles. The maximum absolute atomic E-state index is 12.5. The van der Waals surface area contributed by atoms with Crippen LogP contribution in [0.25, 0.3) is 11.0 Å². The summed E-state index contributed by atoms with van der Waals surface area (Å²) in [6.45, 7) is 5.39. The van der Waals surface area contributed by atoms with E-state index in [1.807, 2.05) is 25.1 Å². The second kappa shape index (κ2) is 5.94. The first kappa shape index (κ1) is 15.4. The summed E-state index contributed by atoms with van der Waals surface area (Å²) < 4.78 is 5.49. The number of piperidine rings is 3. The van der Waals surface area contributed by atoms with Gasteiger partial charge in [-0.05, 0) is 56.5 Å². The molecular formula is C17H21ClN2O2. The summed E-state index contributed by atoms with van der Waals surface area (Å²) in [5.41, 5.74) is 2.58. The number of nitrogens with zero attached hydrogens (tertiary/aromatic N) is 1. The maximum Gasteiger partial charge on any atom is 0.251 e. The van der Waals surface area contributed by atoms with E-state index in [1.165, 1.54) is 25.9 Å². The molecule has 22 heavy (non-hydrogen) atoms. The zero-order chi connectivity index (χ0) is 14.4. The highest BCUT2D eigenvalue weighted by Crippen LogP contribution is 2.28. The average Bonchev–Trinajstić information content (AvgIpc) is 2.89. The molecule has 1 N–H and O–H groups in total. The van der Waals surface area contributed by atoms with Crippen LogP contribution in [0.5, 0.6) is 0 Å². The van der Waals surface area contributed by atoms with Crippen LogP contribution < -0.4 is 5.32 Å². The number of nitrogens with one attached hydrogen (secondary N) is 1. The number of fused-ring (bicyclic) bond motifs is 4. The van der Waals surface area contributed by atoms with Crippen LogP contribution in [0, 0.1) is 12.8 Å². The van der Waals surface area contributed by atoms with Gasteiger partial charge in [0.1, 0.15) is 5.58 Å². The fourth-order valence-corrected chi connectivity index (χ4v) is 3.68. The third kappa shape index (κ3) is 2.61. The number of halogens is 1. The number of hydrogen-bond donors (Lipinski definition) is 1. The Kier molecular flexibility index (Phi) is 4.15. The SMILES string of the molecule is Cc1coc2cc(C(=O)N[C@H]3CN4CCC3CC4)ccc12.Cl. The molecule has 1 amide bonds. The Morgan fingerprint density at radius 2 is 2.09 bits per heavy atom. The smallest absolute Gasteiger partial charge is 0.251 e. The molecule has 0 saturated carbocycles. The first-order valence-electron chi connectivity index (χ1n) is 7.72. The van der Waals surface area contributed by atoms with Gasteiger partial charge in [-0.3, -0.25) is 4.79 Å². The van der Waals surface area contributed by atoms with Crippen molar-refractivity contribution in [1.82, 2.24) is 10.2 Å². The van der Waals surface area contributed by atoms with Gasteiger partial charge in [-0.15, -0.1) is 12.4 Å². The van der Waals surface area contributed by atoms with Crippen molar-refractivity contribution in [2.24, 2.45) is 5.92 Å². The van der Waals surface area contributed by atoms with Crippen molar-refractivity contribution in [3.8, 4) is 0 Å². The lowest BCUT2D eigenvalue weighted by molar-refractivity contribution is 0.0620. The minimum Gasteiger partial charge on any atom is -0.464 e. The topological polar surface area (TPSA) is 45.5 Å². The lowest BCUT2D eigenvalue weighted by atomic mass is 9.84. The fraction of sp³-hybridized carbons (Fsp3) is 0.471. The van der Waals surface area contributed by atoms with Gasteiger partial charge in [0.05, 0.1) is 6.26 Å². The molecule has 5 heteroatoms. The van der Waals surface area contributed by atoms with Crippen molar-refractivity contribution >= 4 is 29.3 Å². The Morgan fingerprint density at radius 1 is 1.32 bits per heavy atom. The van der Waals surface area contributed by atoms with E-state index in [0.717, 1.165) is 23.1 Å². The summed E-state index contributed by atoms with van der Waals surface area (Å²) in [6, 6.07) is 6.01. The van der Waals surface area contributed by atoms with E-state index in [-0.39, 0.29) is 18.3 Å². The number of rotatable bonds is 2. The molecule has 2 bridgehead atoms. The van der Waals surface area contributed by atoms with Crippen LogP contribution in [-0.4, -0.2) is 36.5 Å². The van der Waals surface area contributed by atoms with E-state index in [9.17, 15) is 4.79 Å². The third-order valence-electron chi connectivity index (χ3n) is 5.00. The first-order chi connectivity index (χ1) is 10.2. The van der Waals surface area contributed by atoms with Crippen molar-refractivity contribution in [2.45, 2.75) is 25.8 Å². The molecule has 118 valence electrons. The van der Waals surface area contributed by atoms with E-state index >= 15 is 0 Å². The Hall–Kier alpha value is -1.52. The quantitative estimate of drug-likeness (QED) is 0.925. The van der Waals surface area contributed by atoms with E-state index in [1.54, 1.807) is 6.26 Å². The second-order valence-corrected chi connectivity index (χ2v) is 6.35. The summed E-state index contributed by atoms with van der Waals surface area (Å²) >= 11 is 0. The van der Waals surface area contributed by atoms with Gasteiger partial charge in [0.15, 0.2) is 0 Å². The Bertz CT molecular complexity index is 689. The highest BCUT2D eigenvalue weighted by molar-refractivity contribution is 5.98. The molecule has 2 aromatic rings. The number of carbonyl (C=O) groups excluding carboxylic acids is 1. The lowest BCUT2D eigenvalue weighted by Crippen LogP contribution is -2.57. The molecule has 3 fully saturated rings. The number of carbonyl (C=O) groups is 1. The van der Waals surface area contributed by atoms with Crippen LogP contribution in [0.2, 0.25) is 0 Å². The molecule has 0 spiro atoms. The largest absolute Gasteiger partial charge is 0.464 e. The van der Waals surface area contributed by atoms with Crippen molar-refractivity contribution in [1.29, 1.82) is 0 Å². The van der Waals surface area contributed by atoms with Gasteiger partial charge < -0.3 is 14.6 Å². The molecule has 3 saturated heterocycles. The van der Waals surface area contributed by atoms with Crippen LogP contribution in [-0.2, 0) is 0 Å². The number of aryl methyl sites for hydroxylation is 1. The molecule has 1 atom stereocenters. The van der Waals surface area contributed by atoms with Gasteiger partial charge in [-0.25, -0.2) is 0 Å². The molecule has 0 unspecified atom stereocenters. The molecule has 3 aliphatic rings. The second-order valence-electron chi connectivity index (χ2n) is 6.35. The van der Waals surface area contributed by atoms with E-state index in [2.05, 4.69) is 10.2 Å². The van der Waals surface area contributed by atoms with Crippen molar-refractivity contribution in [2.75, 3.05) is 19.6 Å². The summed E-state index contributed by atoms with van der Waals surface area (Å²) in [5.74, 6) is 0.665. The van der Waals surface area contributed by atoms with E-state index in [0.29, 0.717) is 17.5 Å². The van der Waals surface area contributed by atoms with Gasteiger partial charge >= 0.3 is 0 Å². The number of hydrogen-bond acceptors (Lipinski definition) is 3.